The lowest BCUT2D eigenvalue weighted by molar-refractivity contribution is -0.121. The average molecular weight is 319 g/mol. The van der Waals surface area contributed by atoms with Gasteiger partial charge in [-0.05, 0) is 41.3 Å². The molecule has 3 heteroatoms. The predicted octanol–water partition coefficient (Wildman–Crippen LogP) is 4.36. The van der Waals surface area contributed by atoms with Crippen molar-refractivity contribution in [2.75, 3.05) is 0 Å². The summed E-state index contributed by atoms with van der Waals surface area (Å²) in [6.45, 7) is 2.00. The van der Waals surface area contributed by atoms with Crippen molar-refractivity contribution in [3.8, 4) is 5.75 Å². The van der Waals surface area contributed by atoms with Gasteiger partial charge in [-0.2, -0.15) is 0 Å². The van der Waals surface area contributed by atoms with Crippen LogP contribution < -0.4 is 5.32 Å². The summed E-state index contributed by atoms with van der Waals surface area (Å²) >= 11 is 0. The predicted molar refractivity (Wildman–Crippen MR) is 96.9 cm³/mol. The molecule has 1 atom stereocenters. The van der Waals surface area contributed by atoms with Crippen LogP contribution >= 0.6 is 0 Å². The van der Waals surface area contributed by atoms with Gasteiger partial charge in [0.25, 0.3) is 0 Å². The summed E-state index contributed by atoms with van der Waals surface area (Å²) in [5.41, 5.74) is 1.91. The molecule has 0 aliphatic carbocycles. The molecule has 0 spiro atoms. The molecule has 3 aromatic rings. The number of amides is 1. The van der Waals surface area contributed by atoms with Gasteiger partial charge in [0.15, 0.2) is 0 Å². The van der Waals surface area contributed by atoms with E-state index in [1.165, 1.54) is 5.39 Å². The maximum atomic E-state index is 12.3. The van der Waals surface area contributed by atoms with E-state index in [-0.39, 0.29) is 17.7 Å². The fourth-order valence-corrected chi connectivity index (χ4v) is 2.99. The number of carbonyl (C=O) groups excluding carboxylic acids is 1. The van der Waals surface area contributed by atoms with Gasteiger partial charge in [-0.3, -0.25) is 4.79 Å². The first-order valence-electron chi connectivity index (χ1n) is 8.19. The number of phenolic OH excluding ortho intramolecular Hbond substituents is 1. The Morgan fingerprint density at radius 3 is 2.54 bits per heavy atom. The lowest BCUT2D eigenvalue weighted by atomic mass is 9.99. The third-order valence-electron chi connectivity index (χ3n) is 4.28. The van der Waals surface area contributed by atoms with Crippen LogP contribution in [0.1, 0.15) is 30.5 Å². The number of benzene rings is 3. The Balaban J connectivity index is 1.67. The minimum absolute atomic E-state index is 0.0151. The Morgan fingerprint density at radius 1 is 1.00 bits per heavy atom. The van der Waals surface area contributed by atoms with Gasteiger partial charge in [0.2, 0.25) is 5.91 Å². The van der Waals surface area contributed by atoms with Gasteiger partial charge in [-0.15, -0.1) is 0 Å². The molecule has 0 heterocycles. The first kappa shape index (κ1) is 16.1. The highest BCUT2D eigenvalue weighted by Crippen LogP contribution is 2.24. The highest BCUT2D eigenvalue weighted by atomic mass is 16.3. The number of aryl methyl sites for hydroxylation is 1. The summed E-state index contributed by atoms with van der Waals surface area (Å²) in [4.78, 5) is 12.3. The van der Waals surface area contributed by atoms with E-state index in [9.17, 15) is 9.90 Å². The van der Waals surface area contributed by atoms with Crippen LogP contribution in [0, 0.1) is 0 Å². The summed E-state index contributed by atoms with van der Waals surface area (Å²) in [5, 5.41) is 15.2. The Bertz CT molecular complexity index is 852. The Labute approximate surface area is 142 Å². The first-order valence-corrected chi connectivity index (χ1v) is 8.19. The molecule has 1 amide bonds. The molecule has 3 nitrogen and oxygen atoms in total. The third-order valence-corrected chi connectivity index (χ3v) is 4.28. The summed E-state index contributed by atoms with van der Waals surface area (Å²) in [7, 11) is 0. The molecule has 0 aliphatic rings. The zero-order valence-corrected chi connectivity index (χ0v) is 13.7. The first-order chi connectivity index (χ1) is 11.6. The van der Waals surface area contributed by atoms with Gasteiger partial charge >= 0.3 is 0 Å². The van der Waals surface area contributed by atoms with Gasteiger partial charge in [-0.25, -0.2) is 0 Å². The quantitative estimate of drug-likeness (QED) is 0.734. The second kappa shape index (κ2) is 7.18. The number of rotatable bonds is 5. The smallest absolute Gasteiger partial charge is 0.220 e. The van der Waals surface area contributed by atoms with E-state index in [4.69, 9.17) is 0 Å². The molecule has 3 rings (SSSR count). The highest BCUT2D eigenvalue weighted by molar-refractivity contribution is 5.86. The monoisotopic (exact) mass is 319 g/mol. The number of hydrogen-bond acceptors (Lipinski definition) is 2. The van der Waals surface area contributed by atoms with Crippen LogP contribution in [0.4, 0.5) is 0 Å². The molecular formula is C21H21NO2. The summed E-state index contributed by atoms with van der Waals surface area (Å²) in [5.74, 6) is 0.228. The van der Waals surface area contributed by atoms with Crippen molar-refractivity contribution in [2.24, 2.45) is 0 Å². The molecular weight excluding hydrogens is 298 g/mol. The van der Waals surface area contributed by atoms with E-state index in [1.807, 2.05) is 37.3 Å². The normalized spacial score (nSPS) is 12.0. The second-order valence-corrected chi connectivity index (χ2v) is 5.99. The molecule has 2 N–H and O–H groups in total. The van der Waals surface area contributed by atoms with Crippen LogP contribution in [0.3, 0.4) is 0 Å². The number of aromatic hydroxyl groups is 1. The van der Waals surface area contributed by atoms with E-state index in [1.54, 1.807) is 12.1 Å². The minimum Gasteiger partial charge on any atom is -0.508 e. The number of phenols is 1. The van der Waals surface area contributed by atoms with Crippen molar-refractivity contribution in [1.82, 2.24) is 5.32 Å². The number of carbonyl (C=O) groups is 1. The highest BCUT2D eigenvalue weighted by Gasteiger charge is 2.12. The van der Waals surface area contributed by atoms with Crippen molar-refractivity contribution in [3.63, 3.8) is 0 Å². The molecule has 24 heavy (non-hydrogen) atoms. The number of hydrogen-bond donors (Lipinski definition) is 2. The van der Waals surface area contributed by atoms with Crippen LogP contribution in [-0.2, 0) is 11.2 Å². The SMILES string of the molecule is C[C@H](NC(=O)CCc1ccccc1O)c1cccc2ccccc12. The zero-order chi connectivity index (χ0) is 16.9. The number of para-hydroxylation sites is 1. The number of nitrogens with one attached hydrogen (secondary N) is 1. The Kier molecular flexibility index (Phi) is 4.80. The molecule has 0 unspecified atom stereocenters. The molecule has 0 bridgehead atoms. The van der Waals surface area contributed by atoms with Crippen LogP contribution in [0.15, 0.2) is 66.7 Å². The molecule has 3 aromatic carbocycles. The van der Waals surface area contributed by atoms with E-state index < -0.39 is 0 Å². The van der Waals surface area contributed by atoms with Crippen LogP contribution in [0.5, 0.6) is 5.75 Å². The summed E-state index contributed by atoms with van der Waals surface area (Å²) in [6.07, 6.45) is 0.882. The van der Waals surface area contributed by atoms with Crippen molar-refractivity contribution in [3.05, 3.63) is 77.9 Å². The van der Waals surface area contributed by atoms with Crippen molar-refractivity contribution in [1.29, 1.82) is 0 Å². The summed E-state index contributed by atoms with van der Waals surface area (Å²) < 4.78 is 0. The van der Waals surface area contributed by atoms with Gasteiger partial charge in [0, 0.05) is 6.42 Å². The molecule has 0 saturated carbocycles. The molecule has 0 saturated heterocycles. The van der Waals surface area contributed by atoms with Gasteiger partial charge in [0.05, 0.1) is 6.04 Å². The van der Waals surface area contributed by atoms with E-state index in [0.717, 1.165) is 16.5 Å². The molecule has 0 radical (unpaired) electrons. The standard InChI is InChI=1S/C21H21NO2/c1-15(18-11-6-9-16-7-2-4-10-19(16)18)22-21(24)14-13-17-8-3-5-12-20(17)23/h2-12,15,23H,13-14H2,1H3,(H,22,24)/t15-/m0/s1. The lowest BCUT2D eigenvalue weighted by Crippen LogP contribution is -2.26. The molecule has 122 valence electrons. The fraction of sp³-hybridized carbons (Fsp3) is 0.190. The molecule has 0 aromatic heterocycles. The molecule has 0 fully saturated rings. The average Bonchev–Trinajstić information content (AvgIpc) is 2.60. The van der Waals surface area contributed by atoms with Gasteiger partial charge in [-0.1, -0.05) is 60.7 Å². The van der Waals surface area contributed by atoms with E-state index in [0.29, 0.717) is 12.8 Å². The Morgan fingerprint density at radius 2 is 1.71 bits per heavy atom. The minimum atomic E-state index is -0.0621. The zero-order valence-electron chi connectivity index (χ0n) is 13.7. The third kappa shape index (κ3) is 3.57. The topological polar surface area (TPSA) is 49.3 Å². The molecule has 0 aliphatic heterocycles. The second-order valence-electron chi connectivity index (χ2n) is 5.99. The van der Waals surface area contributed by atoms with Crippen molar-refractivity contribution < 1.29 is 9.90 Å². The van der Waals surface area contributed by atoms with Crippen LogP contribution in [0.25, 0.3) is 10.8 Å². The van der Waals surface area contributed by atoms with Crippen LogP contribution in [0.2, 0.25) is 0 Å². The van der Waals surface area contributed by atoms with Gasteiger partial charge in [0.1, 0.15) is 5.75 Å². The fourth-order valence-electron chi connectivity index (χ4n) is 2.99. The maximum absolute atomic E-state index is 12.3. The van der Waals surface area contributed by atoms with E-state index >= 15 is 0 Å². The summed E-state index contributed by atoms with van der Waals surface area (Å²) in [6, 6.07) is 21.4. The van der Waals surface area contributed by atoms with E-state index in [2.05, 4.69) is 29.6 Å². The van der Waals surface area contributed by atoms with Gasteiger partial charge < -0.3 is 10.4 Å². The van der Waals surface area contributed by atoms with Crippen molar-refractivity contribution in [2.45, 2.75) is 25.8 Å². The Hall–Kier alpha value is -2.81. The van der Waals surface area contributed by atoms with Crippen molar-refractivity contribution >= 4 is 16.7 Å². The maximum Gasteiger partial charge on any atom is 0.220 e. The largest absolute Gasteiger partial charge is 0.508 e. The lowest BCUT2D eigenvalue weighted by Gasteiger charge is -2.17. The number of fused-ring (bicyclic) bond motifs is 1. The van der Waals surface area contributed by atoms with Crippen LogP contribution in [-0.4, -0.2) is 11.0 Å².